The average molecular weight is 420 g/mol. The van der Waals surface area contributed by atoms with Crippen molar-refractivity contribution < 1.29 is 9.59 Å². The normalized spacial score (nSPS) is 14.9. The summed E-state index contributed by atoms with van der Waals surface area (Å²) in [4.78, 5) is 29.0. The van der Waals surface area contributed by atoms with Crippen LogP contribution in [0.2, 0.25) is 0 Å². The van der Waals surface area contributed by atoms with Crippen LogP contribution in [0.15, 0.2) is 48.5 Å². The molecule has 1 aliphatic heterocycles. The smallest absolute Gasteiger partial charge is 0.246 e. The number of amides is 2. The van der Waals surface area contributed by atoms with Crippen LogP contribution in [-0.2, 0) is 9.59 Å². The van der Waals surface area contributed by atoms with Crippen LogP contribution < -0.4 is 5.32 Å². The summed E-state index contributed by atoms with van der Waals surface area (Å²) in [5.74, 6) is 0.508. The van der Waals surface area contributed by atoms with Crippen molar-refractivity contribution in [3.8, 4) is 0 Å². The molecule has 0 atom stereocenters. The molecule has 0 aliphatic carbocycles. The molecule has 0 bridgehead atoms. The number of carbonyl (C=O) groups is 2. The number of anilines is 1. The third-order valence-corrected chi connectivity index (χ3v) is 5.82. The maximum atomic E-state index is 12.5. The highest BCUT2D eigenvalue weighted by atomic mass is 16.2. The molecule has 5 heteroatoms. The minimum atomic E-state index is -0.0121. The molecular weight excluding hydrogens is 386 g/mol. The third-order valence-electron chi connectivity index (χ3n) is 5.82. The number of nitrogens with zero attached hydrogens (tertiary/aromatic N) is 2. The molecule has 2 aromatic rings. The first kappa shape index (κ1) is 22.8. The maximum Gasteiger partial charge on any atom is 0.246 e. The van der Waals surface area contributed by atoms with E-state index in [-0.39, 0.29) is 11.8 Å². The zero-order chi connectivity index (χ0) is 22.4. The second-order valence-electron chi connectivity index (χ2n) is 8.57. The van der Waals surface area contributed by atoms with Gasteiger partial charge in [-0.2, -0.15) is 0 Å². The summed E-state index contributed by atoms with van der Waals surface area (Å²) in [6, 6.07) is 14.3. The number of nitrogens with one attached hydrogen (secondary N) is 1. The Morgan fingerprint density at radius 3 is 2.16 bits per heavy atom. The van der Waals surface area contributed by atoms with E-state index in [2.05, 4.69) is 36.2 Å². The van der Waals surface area contributed by atoms with E-state index in [0.717, 1.165) is 22.4 Å². The van der Waals surface area contributed by atoms with Gasteiger partial charge in [-0.3, -0.25) is 14.5 Å². The highest BCUT2D eigenvalue weighted by Crippen LogP contribution is 2.19. The van der Waals surface area contributed by atoms with Crippen LogP contribution in [0.1, 0.15) is 42.0 Å². The van der Waals surface area contributed by atoms with Gasteiger partial charge < -0.3 is 10.2 Å². The van der Waals surface area contributed by atoms with Gasteiger partial charge in [-0.15, -0.1) is 0 Å². The topological polar surface area (TPSA) is 52.7 Å². The van der Waals surface area contributed by atoms with E-state index in [1.807, 2.05) is 55.2 Å². The van der Waals surface area contributed by atoms with Crippen molar-refractivity contribution in [1.82, 2.24) is 9.80 Å². The minimum absolute atomic E-state index is 0.0121. The van der Waals surface area contributed by atoms with Gasteiger partial charge in [-0.25, -0.2) is 0 Å². The van der Waals surface area contributed by atoms with Crippen LogP contribution in [-0.4, -0.2) is 54.3 Å². The second-order valence-corrected chi connectivity index (χ2v) is 8.57. The number of para-hydroxylation sites is 1. The predicted octanol–water partition coefficient (Wildman–Crippen LogP) is 4.22. The Morgan fingerprint density at radius 2 is 1.58 bits per heavy atom. The fraction of sp³-hybridized carbons (Fsp3) is 0.385. The van der Waals surface area contributed by atoms with Gasteiger partial charge in [0.2, 0.25) is 11.8 Å². The molecule has 164 valence electrons. The summed E-state index contributed by atoms with van der Waals surface area (Å²) in [5.41, 5.74) is 5.34. The van der Waals surface area contributed by atoms with Crippen LogP contribution in [0.25, 0.3) is 6.08 Å². The molecule has 1 fully saturated rings. The molecule has 2 amide bonds. The van der Waals surface area contributed by atoms with Crippen LogP contribution >= 0.6 is 0 Å². The molecule has 0 radical (unpaired) electrons. The molecular formula is C26H33N3O2. The van der Waals surface area contributed by atoms with Gasteiger partial charge in [0.1, 0.15) is 0 Å². The van der Waals surface area contributed by atoms with E-state index in [4.69, 9.17) is 0 Å². The predicted molar refractivity (Wildman–Crippen MR) is 127 cm³/mol. The Morgan fingerprint density at radius 1 is 0.968 bits per heavy atom. The first-order valence-corrected chi connectivity index (χ1v) is 11.0. The van der Waals surface area contributed by atoms with Gasteiger partial charge in [0.05, 0.1) is 6.54 Å². The summed E-state index contributed by atoms with van der Waals surface area (Å²) in [6.07, 6.45) is 3.52. The molecule has 1 heterocycles. The summed E-state index contributed by atoms with van der Waals surface area (Å²) < 4.78 is 0. The number of benzene rings is 2. The van der Waals surface area contributed by atoms with E-state index in [9.17, 15) is 9.59 Å². The number of hydrogen-bond donors (Lipinski definition) is 1. The highest BCUT2D eigenvalue weighted by molar-refractivity contribution is 5.94. The van der Waals surface area contributed by atoms with Crippen molar-refractivity contribution in [2.24, 2.45) is 0 Å². The molecule has 1 N–H and O–H groups in total. The molecule has 0 saturated carbocycles. The molecule has 3 rings (SSSR count). The zero-order valence-corrected chi connectivity index (χ0v) is 19.0. The molecule has 1 saturated heterocycles. The molecule has 0 aromatic heterocycles. The highest BCUT2D eigenvalue weighted by Gasteiger charge is 2.21. The zero-order valence-electron chi connectivity index (χ0n) is 19.0. The Kier molecular flexibility index (Phi) is 7.64. The lowest BCUT2D eigenvalue weighted by molar-refractivity contribution is -0.127. The van der Waals surface area contributed by atoms with Crippen molar-refractivity contribution >= 4 is 23.6 Å². The van der Waals surface area contributed by atoms with Gasteiger partial charge in [-0.05, 0) is 48.1 Å². The molecule has 31 heavy (non-hydrogen) atoms. The van der Waals surface area contributed by atoms with Crippen LogP contribution in [0.5, 0.6) is 0 Å². The third kappa shape index (κ3) is 6.28. The lowest BCUT2D eigenvalue weighted by atomic mass is 10.0. The van der Waals surface area contributed by atoms with Crippen LogP contribution in [0, 0.1) is 13.8 Å². The first-order chi connectivity index (χ1) is 14.8. The molecule has 2 aromatic carbocycles. The SMILES string of the molecule is Cc1cccc(C)c1NC(=O)CN1CCN(C(=O)/C=C/c2ccc(C(C)C)cc2)CC1. The number of hydrogen-bond acceptors (Lipinski definition) is 3. The van der Waals surface area contributed by atoms with E-state index < -0.39 is 0 Å². The van der Waals surface area contributed by atoms with Gasteiger partial charge in [-0.1, -0.05) is 56.3 Å². The number of aryl methyl sites for hydroxylation is 2. The Bertz CT molecular complexity index is 919. The van der Waals surface area contributed by atoms with Crippen molar-refractivity contribution in [3.05, 3.63) is 70.8 Å². The summed E-state index contributed by atoms with van der Waals surface area (Å²) in [5, 5.41) is 3.04. The second kappa shape index (κ2) is 10.4. The molecule has 1 aliphatic rings. The van der Waals surface area contributed by atoms with E-state index in [1.165, 1.54) is 5.56 Å². The summed E-state index contributed by atoms with van der Waals surface area (Å²) in [7, 11) is 0. The van der Waals surface area contributed by atoms with Gasteiger partial charge >= 0.3 is 0 Å². The largest absolute Gasteiger partial charge is 0.337 e. The molecule has 0 spiro atoms. The van der Waals surface area contributed by atoms with Gasteiger partial charge in [0.25, 0.3) is 0 Å². The van der Waals surface area contributed by atoms with Gasteiger partial charge in [0.15, 0.2) is 0 Å². The Hall–Kier alpha value is -2.92. The standard InChI is InChI=1S/C26H33N3O2/c1-19(2)23-11-8-22(9-12-23)10-13-25(31)29-16-14-28(15-17-29)18-24(30)27-26-20(3)6-5-7-21(26)4/h5-13,19H,14-18H2,1-4H3,(H,27,30)/b13-10+. The molecule has 0 unspecified atom stereocenters. The number of carbonyl (C=O) groups excluding carboxylic acids is 2. The van der Waals surface area contributed by atoms with E-state index >= 15 is 0 Å². The Balaban J connectivity index is 1.46. The fourth-order valence-electron chi connectivity index (χ4n) is 3.78. The maximum absolute atomic E-state index is 12.5. The van der Waals surface area contributed by atoms with Crippen molar-refractivity contribution in [2.75, 3.05) is 38.0 Å². The fourth-order valence-corrected chi connectivity index (χ4v) is 3.78. The number of rotatable bonds is 6. The average Bonchev–Trinajstić information content (AvgIpc) is 2.75. The van der Waals surface area contributed by atoms with Crippen LogP contribution in [0.4, 0.5) is 5.69 Å². The molecule has 5 nitrogen and oxygen atoms in total. The number of piperazine rings is 1. The van der Waals surface area contributed by atoms with Crippen LogP contribution in [0.3, 0.4) is 0 Å². The summed E-state index contributed by atoms with van der Waals surface area (Å²) in [6.45, 7) is 11.3. The van der Waals surface area contributed by atoms with Gasteiger partial charge in [0, 0.05) is 37.9 Å². The van der Waals surface area contributed by atoms with E-state index in [0.29, 0.717) is 38.6 Å². The monoisotopic (exact) mass is 419 g/mol. The van der Waals surface area contributed by atoms with Crippen molar-refractivity contribution in [2.45, 2.75) is 33.6 Å². The van der Waals surface area contributed by atoms with Crippen molar-refractivity contribution in [1.29, 1.82) is 0 Å². The quantitative estimate of drug-likeness (QED) is 0.713. The summed E-state index contributed by atoms with van der Waals surface area (Å²) >= 11 is 0. The van der Waals surface area contributed by atoms with Crippen molar-refractivity contribution in [3.63, 3.8) is 0 Å². The first-order valence-electron chi connectivity index (χ1n) is 11.0. The minimum Gasteiger partial charge on any atom is -0.337 e. The lowest BCUT2D eigenvalue weighted by Crippen LogP contribution is -2.50. The lowest BCUT2D eigenvalue weighted by Gasteiger charge is -2.33. The Labute approximate surface area is 185 Å². The van der Waals surface area contributed by atoms with E-state index in [1.54, 1.807) is 6.08 Å².